The van der Waals surface area contributed by atoms with Gasteiger partial charge in [-0.1, -0.05) is 21.1 Å². The Morgan fingerprint density at radius 1 is 1.20 bits per heavy atom. The molecule has 0 spiro atoms. The predicted molar refractivity (Wildman–Crippen MR) is 75.3 cm³/mol. The molecular weight excluding hydrogens is 325 g/mol. The lowest BCUT2D eigenvalue weighted by Crippen LogP contribution is -2.08. The van der Waals surface area contributed by atoms with E-state index >= 15 is 0 Å². The summed E-state index contributed by atoms with van der Waals surface area (Å²) < 4.78 is 18.1. The summed E-state index contributed by atoms with van der Waals surface area (Å²) in [4.78, 5) is 0. The molecule has 0 aliphatic carbocycles. The predicted octanol–water partition coefficient (Wildman–Crippen LogP) is 2.74. The van der Waals surface area contributed by atoms with Crippen LogP contribution in [0.1, 0.15) is 0 Å². The van der Waals surface area contributed by atoms with Crippen molar-refractivity contribution in [2.75, 3.05) is 0 Å². The van der Waals surface area contributed by atoms with E-state index < -0.39 is 0 Å². The van der Waals surface area contributed by atoms with Crippen LogP contribution in [0.25, 0.3) is 11.3 Å². The highest BCUT2D eigenvalue weighted by atomic mass is 79.9. The summed E-state index contributed by atoms with van der Waals surface area (Å²) in [6.45, 7) is 1.32. The Balaban J connectivity index is 1.77. The van der Waals surface area contributed by atoms with E-state index in [0.29, 0.717) is 24.3 Å². The van der Waals surface area contributed by atoms with Crippen molar-refractivity contribution in [2.45, 2.75) is 13.1 Å². The number of rotatable bonds is 4. The van der Waals surface area contributed by atoms with Crippen LogP contribution >= 0.6 is 15.9 Å². The molecule has 20 heavy (non-hydrogen) atoms. The van der Waals surface area contributed by atoms with E-state index in [2.05, 4.69) is 31.3 Å². The molecule has 2 heterocycles. The van der Waals surface area contributed by atoms with Crippen molar-refractivity contribution in [3.05, 3.63) is 53.1 Å². The minimum Gasteiger partial charge on any atom is -0.271 e. The summed E-state index contributed by atoms with van der Waals surface area (Å²) in [6.07, 6.45) is 5.34. The lowest BCUT2D eigenvalue weighted by atomic mass is 10.1. The molecule has 0 bridgehead atoms. The Kier molecular flexibility index (Phi) is 3.60. The summed E-state index contributed by atoms with van der Waals surface area (Å²) in [5.74, 6) is -0.313. The van der Waals surface area contributed by atoms with Crippen LogP contribution in [-0.2, 0) is 13.1 Å². The molecule has 0 fully saturated rings. The molecule has 0 amide bonds. The zero-order valence-corrected chi connectivity index (χ0v) is 12.0. The number of nitrogens with zero attached hydrogens (tertiary/aromatic N) is 5. The van der Waals surface area contributed by atoms with Gasteiger partial charge in [0.1, 0.15) is 11.5 Å². The molecular formula is C13H11BrFN5. The molecule has 3 rings (SSSR count). The van der Waals surface area contributed by atoms with E-state index in [1.54, 1.807) is 33.9 Å². The largest absolute Gasteiger partial charge is 0.271 e. The van der Waals surface area contributed by atoms with Gasteiger partial charge in [0.25, 0.3) is 0 Å². The van der Waals surface area contributed by atoms with Gasteiger partial charge < -0.3 is 0 Å². The number of hydrogen-bond donors (Lipinski definition) is 0. The average Bonchev–Trinajstić information content (AvgIpc) is 3.10. The Hall–Kier alpha value is -2.02. The maximum Gasteiger partial charge on any atom is 0.132 e. The molecule has 1 aromatic carbocycles. The third-order valence-electron chi connectivity index (χ3n) is 2.86. The second-order valence-corrected chi connectivity index (χ2v) is 5.18. The Morgan fingerprint density at radius 2 is 2.05 bits per heavy atom. The van der Waals surface area contributed by atoms with E-state index in [1.165, 1.54) is 6.07 Å². The first kappa shape index (κ1) is 13.0. The van der Waals surface area contributed by atoms with Crippen molar-refractivity contribution >= 4 is 15.9 Å². The van der Waals surface area contributed by atoms with Gasteiger partial charge in [0.2, 0.25) is 0 Å². The number of benzene rings is 1. The smallest absolute Gasteiger partial charge is 0.132 e. The third kappa shape index (κ3) is 2.77. The molecule has 0 atom stereocenters. The van der Waals surface area contributed by atoms with Crippen LogP contribution in [-0.4, -0.2) is 24.8 Å². The van der Waals surface area contributed by atoms with Gasteiger partial charge in [-0.05, 0) is 24.3 Å². The molecule has 7 heteroatoms. The van der Waals surface area contributed by atoms with Gasteiger partial charge in [0.05, 0.1) is 19.3 Å². The lowest BCUT2D eigenvalue weighted by molar-refractivity contribution is 0.490. The van der Waals surface area contributed by atoms with Gasteiger partial charge in [-0.3, -0.25) is 9.36 Å². The molecule has 102 valence electrons. The zero-order chi connectivity index (χ0) is 13.9. The van der Waals surface area contributed by atoms with Crippen molar-refractivity contribution in [3.8, 4) is 11.3 Å². The van der Waals surface area contributed by atoms with Gasteiger partial charge in [0, 0.05) is 22.4 Å². The lowest BCUT2D eigenvalue weighted by Gasteiger charge is -2.01. The third-order valence-corrected chi connectivity index (χ3v) is 3.35. The molecule has 5 nitrogen and oxygen atoms in total. The van der Waals surface area contributed by atoms with Crippen molar-refractivity contribution < 1.29 is 4.39 Å². The quantitative estimate of drug-likeness (QED) is 0.736. The minimum atomic E-state index is -0.313. The average molecular weight is 336 g/mol. The number of hydrogen-bond acceptors (Lipinski definition) is 3. The molecule has 0 radical (unpaired) electrons. The van der Waals surface area contributed by atoms with E-state index in [0.717, 1.165) is 4.47 Å². The molecule has 0 saturated heterocycles. The van der Waals surface area contributed by atoms with Gasteiger partial charge in [-0.2, -0.15) is 5.10 Å². The first-order chi connectivity index (χ1) is 9.72. The van der Waals surface area contributed by atoms with Crippen LogP contribution in [0.3, 0.4) is 0 Å². The standard InChI is InChI=1S/C13H11BrFN5/c14-10-2-3-12(15)11(8-10)13-9-20(18-17-13)7-6-19-5-1-4-16-19/h1-5,8-9H,6-7H2. The SMILES string of the molecule is Fc1ccc(Br)cc1-c1cn(CCn2cccn2)nn1. The summed E-state index contributed by atoms with van der Waals surface area (Å²) >= 11 is 3.32. The van der Waals surface area contributed by atoms with E-state index in [4.69, 9.17) is 0 Å². The second-order valence-electron chi connectivity index (χ2n) is 4.26. The monoisotopic (exact) mass is 335 g/mol. The van der Waals surface area contributed by atoms with E-state index in [1.807, 2.05) is 12.3 Å². The Bertz CT molecular complexity index is 707. The number of aromatic nitrogens is 5. The van der Waals surface area contributed by atoms with Crippen molar-refractivity contribution in [1.82, 2.24) is 24.8 Å². The summed E-state index contributed by atoms with van der Waals surface area (Å²) in [7, 11) is 0. The topological polar surface area (TPSA) is 48.5 Å². The summed E-state index contributed by atoms with van der Waals surface area (Å²) in [5.41, 5.74) is 0.953. The van der Waals surface area contributed by atoms with Crippen molar-refractivity contribution in [2.24, 2.45) is 0 Å². The van der Waals surface area contributed by atoms with Crippen LogP contribution in [0.5, 0.6) is 0 Å². The highest BCUT2D eigenvalue weighted by molar-refractivity contribution is 9.10. The Morgan fingerprint density at radius 3 is 2.85 bits per heavy atom. The normalized spacial score (nSPS) is 10.9. The summed E-state index contributed by atoms with van der Waals surface area (Å²) in [5, 5.41) is 12.1. The van der Waals surface area contributed by atoms with Crippen LogP contribution < -0.4 is 0 Å². The van der Waals surface area contributed by atoms with Gasteiger partial charge >= 0.3 is 0 Å². The van der Waals surface area contributed by atoms with Gasteiger partial charge in [-0.25, -0.2) is 4.39 Å². The van der Waals surface area contributed by atoms with Crippen LogP contribution in [0, 0.1) is 5.82 Å². The van der Waals surface area contributed by atoms with E-state index in [-0.39, 0.29) is 5.82 Å². The Labute approximate surface area is 123 Å². The molecule has 0 N–H and O–H groups in total. The van der Waals surface area contributed by atoms with Crippen LogP contribution in [0.2, 0.25) is 0 Å². The fourth-order valence-corrected chi connectivity index (χ4v) is 2.22. The summed E-state index contributed by atoms with van der Waals surface area (Å²) in [6, 6.07) is 6.62. The fourth-order valence-electron chi connectivity index (χ4n) is 1.86. The van der Waals surface area contributed by atoms with E-state index in [9.17, 15) is 4.39 Å². The number of aryl methyl sites for hydroxylation is 2. The zero-order valence-electron chi connectivity index (χ0n) is 10.4. The fraction of sp³-hybridized carbons (Fsp3) is 0.154. The second kappa shape index (κ2) is 5.54. The van der Waals surface area contributed by atoms with Crippen LogP contribution in [0.4, 0.5) is 4.39 Å². The van der Waals surface area contributed by atoms with Crippen molar-refractivity contribution in [3.63, 3.8) is 0 Å². The maximum absolute atomic E-state index is 13.8. The molecule has 0 aliphatic heterocycles. The first-order valence-corrected chi connectivity index (χ1v) is 6.84. The highest BCUT2D eigenvalue weighted by Gasteiger charge is 2.10. The molecule has 0 aliphatic rings. The molecule has 0 unspecified atom stereocenters. The molecule has 0 saturated carbocycles. The van der Waals surface area contributed by atoms with Crippen LogP contribution in [0.15, 0.2) is 47.3 Å². The molecule has 3 aromatic rings. The minimum absolute atomic E-state index is 0.313. The van der Waals surface area contributed by atoms with Gasteiger partial charge in [0.15, 0.2) is 0 Å². The van der Waals surface area contributed by atoms with Gasteiger partial charge in [-0.15, -0.1) is 5.10 Å². The maximum atomic E-state index is 13.8. The first-order valence-electron chi connectivity index (χ1n) is 6.05. The molecule has 2 aromatic heterocycles. The van der Waals surface area contributed by atoms with Crippen molar-refractivity contribution in [1.29, 1.82) is 0 Å². The highest BCUT2D eigenvalue weighted by Crippen LogP contribution is 2.24. The number of halogens is 2.